The van der Waals surface area contributed by atoms with E-state index < -0.39 is 5.97 Å². The molecule has 1 aromatic carbocycles. The Morgan fingerprint density at radius 2 is 1.70 bits per heavy atom. The molecule has 112 valence electrons. The molecule has 0 aliphatic heterocycles. The summed E-state index contributed by atoms with van der Waals surface area (Å²) in [7, 11) is 0. The molecule has 0 atom stereocenters. The maximum Gasteiger partial charge on any atom is 0.307 e. The van der Waals surface area contributed by atoms with E-state index in [0.717, 1.165) is 17.5 Å². The Morgan fingerprint density at radius 1 is 1.15 bits per heavy atom. The van der Waals surface area contributed by atoms with Gasteiger partial charge in [0.1, 0.15) is 5.75 Å². The molecule has 0 saturated carbocycles. The van der Waals surface area contributed by atoms with Crippen LogP contribution in [-0.2, 0) is 16.6 Å². The average Bonchev–Trinajstić information content (AvgIpc) is 2.18. The van der Waals surface area contributed by atoms with Crippen LogP contribution in [0.2, 0.25) is 0 Å². The van der Waals surface area contributed by atoms with Crippen molar-refractivity contribution in [1.29, 1.82) is 0 Å². The van der Waals surface area contributed by atoms with Gasteiger partial charge in [0.2, 0.25) is 0 Å². The first-order chi connectivity index (χ1) is 8.92. The highest BCUT2D eigenvalue weighted by atomic mass is 16.4. The lowest BCUT2D eigenvalue weighted by Crippen LogP contribution is -2.25. The fourth-order valence-corrected chi connectivity index (χ4v) is 3.09. The zero-order valence-electron chi connectivity index (χ0n) is 13.4. The van der Waals surface area contributed by atoms with Gasteiger partial charge in [0, 0.05) is 11.1 Å². The normalized spacial score (nSPS) is 12.5. The van der Waals surface area contributed by atoms with Crippen LogP contribution in [-0.4, -0.2) is 16.2 Å². The Hall–Kier alpha value is -1.51. The molecule has 1 rings (SSSR count). The average molecular weight is 278 g/mol. The van der Waals surface area contributed by atoms with E-state index >= 15 is 0 Å². The van der Waals surface area contributed by atoms with Gasteiger partial charge in [-0.05, 0) is 24.2 Å². The third-order valence-electron chi connectivity index (χ3n) is 3.38. The van der Waals surface area contributed by atoms with E-state index in [9.17, 15) is 9.90 Å². The van der Waals surface area contributed by atoms with E-state index in [0.29, 0.717) is 5.56 Å². The van der Waals surface area contributed by atoms with Crippen molar-refractivity contribution in [2.24, 2.45) is 5.41 Å². The molecule has 0 unspecified atom stereocenters. The van der Waals surface area contributed by atoms with Crippen LogP contribution in [0.25, 0.3) is 0 Å². The van der Waals surface area contributed by atoms with Crippen molar-refractivity contribution in [2.45, 2.75) is 59.8 Å². The van der Waals surface area contributed by atoms with Crippen LogP contribution >= 0.6 is 0 Å². The smallest absolute Gasteiger partial charge is 0.307 e. The number of phenolic OH excluding ortho intramolecular Hbond substituents is 1. The molecule has 20 heavy (non-hydrogen) atoms. The van der Waals surface area contributed by atoms with Crippen LogP contribution in [0.5, 0.6) is 5.75 Å². The minimum atomic E-state index is -0.925. The Morgan fingerprint density at radius 3 is 2.15 bits per heavy atom. The summed E-state index contributed by atoms with van der Waals surface area (Å²) in [5.74, 6) is -0.794. The van der Waals surface area contributed by atoms with Crippen molar-refractivity contribution in [3.63, 3.8) is 0 Å². The highest BCUT2D eigenvalue weighted by Gasteiger charge is 2.30. The SMILES string of the molecule is Cc1cc(CC(=O)O)c(O)c(C(C)(C)CC(C)(C)C)c1. The summed E-state index contributed by atoms with van der Waals surface area (Å²) in [4.78, 5) is 10.9. The van der Waals surface area contributed by atoms with Crippen LogP contribution in [0.4, 0.5) is 0 Å². The van der Waals surface area contributed by atoms with Crippen molar-refractivity contribution in [2.75, 3.05) is 0 Å². The molecule has 0 saturated heterocycles. The summed E-state index contributed by atoms with van der Waals surface area (Å²) in [6.45, 7) is 12.6. The molecule has 2 N–H and O–H groups in total. The van der Waals surface area contributed by atoms with E-state index in [4.69, 9.17) is 5.11 Å². The van der Waals surface area contributed by atoms with Gasteiger partial charge in [0.25, 0.3) is 0 Å². The molecule has 0 aromatic heterocycles. The van der Waals surface area contributed by atoms with Crippen LogP contribution in [0.1, 0.15) is 57.7 Å². The number of hydrogen-bond donors (Lipinski definition) is 2. The van der Waals surface area contributed by atoms with Gasteiger partial charge in [0.05, 0.1) is 6.42 Å². The second kappa shape index (κ2) is 5.47. The second-order valence-electron chi connectivity index (χ2n) is 7.51. The summed E-state index contributed by atoms with van der Waals surface area (Å²) in [5, 5.41) is 19.4. The van der Waals surface area contributed by atoms with E-state index in [1.54, 1.807) is 6.07 Å². The predicted octanol–water partition coefficient (Wildman–Crippen LogP) is 4.04. The minimum Gasteiger partial charge on any atom is -0.507 e. The number of carbonyl (C=O) groups is 1. The Balaban J connectivity index is 3.30. The number of carboxylic acids is 1. The number of aryl methyl sites for hydroxylation is 1. The molecule has 0 bridgehead atoms. The minimum absolute atomic E-state index is 0.132. The van der Waals surface area contributed by atoms with E-state index in [2.05, 4.69) is 34.6 Å². The first-order valence-electron chi connectivity index (χ1n) is 6.97. The highest BCUT2D eigenvalue weighted by molar-refractivity contribution is 5.72. The summed E-state index contributed by atoms with van der Waals surface area (Å²) in [6.07, 6.45) is 0.760. The van der Waals surface area contributed by atoms with E-state index in [1.165, 1.54) is 0 Å². The van der Waals surface area contributed by atoms with Crippen molar-refractivity contribution in [3.05, 3.63) is 28.8 Å². The van der Waals surface area contributed by atoms with Gasteiger partial charge in [-0.3, -0.25) is 4.79 Å². The quantitative estimate of drug-likeness (QED) is 0.873. The van der Waals surface area contributed by atoms with Crippen LogP contribution in [0.15, 0.2) is 12.1 Å². The number of phenols is 1. The lowest BCUT2D eigenvalue weighted by atomic mass is 9.71. The maximum atomic E-state index is 10.9. The number of carboxylic acid groups (broad SMARTS) is 1. The molecule has 3 heteroatoms. The topological polar surface area (TPSA) is 57.5 Å². The largest absolute Gasteiger partial charge is 0.507 e. The zero-order chi connectivity index (χ0) is 15.7. The van der Waals surface area contributed by atoms with Gasteiger partial charge in [-0.15, -0.1) is 0 Å². The fourth-order valence-electron chi connectivity index (χ4n) is 3.09. The van der Waals surface area contributed by atoms with E-state index in [-0.39, 0.29) is 23.0 Å². The molecule has 0 aliphatic carbocycles. The number of rotatable bonds is 4. The van der Waals surface area contributed by atoms with Crippen molar-refractivity contribution in [1.82, 2.24) is 0 Å². The molecule has 1 aromatic rings. The van der Waals surface area contributed by atoms with Crippen LogP contribution in [0.3, 0.4) is 0 Å². The summed E-state index contributed by atoms with van der Waals surface area (Å²) >= 11 is 0. The van der Waals surface area contributed by atoms with Gasteiger partial charge in [-0.25, -0.2) is 0 Å². The van der Waals surface area contributed by atoms with Crippen molar-refractivity contribution < 1.29 is 15.0 Å². The molecular formula is C17H26O3. The summed E-state index contributed by atoms with van der Waals surface area (Å²) in [6, 6.07) is 3.71. The van der Waals surface area contributed by atoms with Crippen molar-refractivity contribution >= 4 is 5.97 Å². The van der Waals surface area contributed by atoms with E-state index in [1.807, 2.05) is 13.0 Å². The van der Waals surface area contributed by atoms with Gasteiger partial charge >= 0.3 is 5.97 Å². The first-order valence-corrected chi connectivity index (χ1v) is 6.97. The van der Waals surface area contributed by atoms with Crippen molar-refractivity contribution in [3.8, 4) is 5.75 Å². The number of benzene rings is 1. The predicted molar refractivity (Wildman–Crippen MR) is 81.3 cm³/mol. The molecule has 0 heterocycles. The first kappa shape index (κ1) is 16.5. The molecular weight excluding hydrogens is 252 g/mol. The third kappa shape index (κ3) is 4.26. The maximum absolute atomic E-state index is 10.9. The highest BCUT2D eigenvalue weighted by Crippen LogP contribution is 2.41. The number of aliphatic carboxylic acids is 1. The molecule has 0 fully saturated rings. The monoisotopic (exact) mass is 278 g/mol. The van der Waals surface area contributed by atoms with Crippen LogP contribution < -0.4 is 0 Å². The van der Waals surface area contributed by atoms with Gasteiger partial charge in [-0.2, -0.15) is 0 Å². The van der Waals surface area contributed by atoms with Gasteiger partial charge in [0.15, 0.2) is 0 Å². The van der Waals surface area contributed by atoms with Crippen LogP contribution in [0, 0.1) is 12.3 Å². The lowest BCUT2D eigenvalue weighted by molar-refractivity contribution is -0.136. The standard InChI is InChI=1S/C17H26O3/c1-11-7-12(9-14(18)19)15(20)13(8-11)17(5,6)10-16(2,3)4/h7-8,20H,9-10H2,1-6H3,(H,18,19). The summed E-state index contributed by atoms with van der Waals surface area (Å²) < 4.78 is 0. The number of hydrogen-bond acceptors (Lipinski definition) is 2. The molecule has 0 radical (unpaired) electrons. The fraction of sp³-hybridized carbons (Fsp3) is 0.588. The zero-order valence-corrected chi connectivity index (χ0v) is 13.4. The third-order valence-corrected chi connectivity index (χ3v) is 3.38. The summed E-state index contributed by atoms with van der Waals surface area (Å²) in [5.41, 5.74) is 2.24. The lowest BCUT2D eigenvalue weighted by Gasteiger charge is -2.34. The van der Waals surface area contributed by atoms with Gasteiger partial charge < -0.3 is 10.2 Å². The second-order valence-corrected chi connectivity index (χ2v) is 7.51. The Labute approximate surface area is 121 Å². The molecule has 3 nitrogen and oxygen atoms in total. The molecule has 0 spiro atoms. The molecule has 0 amide bonds. The Kier molecular flexibility index (Phi) is 4.52. The number of aromatic hydroxyl groups is 1. The van der Waals surface area contributed by atoms with Gasteiger partial charge in [-0.1, -0.05) is 52.3 Å². The Bertz CT molecular complexity index is 508. The molecule has 0 aliphatic rings.